The van der Waals surface area contributed by atoms with E-state index in [2.05, 4.69) is 10.6 Å². The second-order valence-electron chi connectivity index (χ2n) is 3.93. The molecule has 4 N–H and O–H groups in total. The van der Waals surface area contributed by atoms with Gasteiger partial charge in [0.05, 0.1) is 12.2 Å². The van der Waals surface area contributed by atoms with E-state index < -0.39 is 30.2 Å². The summed E-state index contributed by atoms with van der Waals surface area (Å²) in [5.41, 5.74) is 5.65. The third kappa shape index (κ3) is 2.79. The molecular weight excluding hydrogens is 255 g/mol. The lowest BCUT2D eigenvalue weighted by molar-refractivity contribution is -0.128. The van der Waals surface area contributed by atoms with E-state index >= 15 is 0 Å². The van der Waals surface area contributed by atoms with Crippen molar-refractivity contribution in [1.82, 2.24) is 10.2 Å². The number of carbonyl (C=O) groups is 3. The first-order chi connectivity index (χ1) is 8.97. The summed E-state index contributed by atoms with van der Waals surface area (Å²) >= 11 is 0. The number of carbonyl (C=O) groups excluding carboxylic acids is 3. The number of rotatable bonds is 3. The summed E-state index contributed by atoms with van der Waals surface area (Å²) in [5, 5.41) is 4.52. The molecule has 0 spiro atoms. The number of hydrogen-bond donors (Lipinski definition) is 3. The topological polar surface area (TPSA) is 105 Å². The fraction of sp³-hybridized carbons (Fsp3) is 0.182. The van der Waals surface area contributed by atoms with Crippen LogP contribution in [0, 0.1) is 5.82 Å². The molecule has 0 atom stereocenters. The van der Waals surface area contributed by atoms with Gasteiger partial charge in [-0.25, -0.2) is 9.18 Å². The lowest BCUT2D eigenvalue weighted by atomic mass is 10.2. The predicted molar refractivity (Wildman–Crippen MR) is 64.6 cm³/mol. The maximum absolute atomic E-state index is 13.4. The van der Waals surface area contributed by atoms with Crippen molar-refractivity contribution in [3.05, 3.63) is 24.0 Å². The number of halogens is 1. The van der Waals surface area contributed by atoms with Crippen LogP contribution in [0.4, 0.5) is 20.6 Å². The minimum absolute atomic E-state index is 0.0999. The molecule has 100 valence electrons. The number of imide groups is 1. The van der Waals surface area contributed by atoms with Gasteiger partial charge in [-0.2, -0.15) is 0 Å². The predicted octanol–water partition coefficient (Wildman–Crippen LogP) is -0.102. The molecule has 0 radical (unpaired) electrons. The highest BCUT2D eigenvalue weighted by atomic mass is 19.1. The van der Waals surface area contributed by atoms with Crippen LogP contribution in [-0.2, 0) is 9.59 Å². The van der Waals surface area contributed by atoms with Crippen LogP contribution in [-0.4, -0.2) is 35.8 Å². The van der Waals surface area contributed by atoms with Gasteiger partial charge in [0, 0.05) is 5.69 Å². The van der Waals surface area contributed by atoms with Crippen molar-refractivity contribution >= 4 is 29.2 Å². The average Bonchev–Trinajstić information content (AvgIpc) is 2.65. The van der Waals surface area contributed by atoms with Crippen molar-refractivity contribution < 1.29 is 18.8 Å². The van der Waals surface area contributed by atoms with E-state index in [1.807, 2.05) is 0 Å². The molecule has 0 saturated carbocycles. The van der Waals surface area contributed by atoms with E-state index in [1.165, 1.54) is 12.1 Å². The summed E-state index contributed by atoms with van der Waals surface area (Å²) in [4.78, 5) is 34.9. The second-order valence-corrected chi connectivity index (χ2v) is 3.93. The van der Waals surface area contributed by atoms with E-state index in [4.69, 9.17) is 5.73 Å². The van der Waals surface area contributed by atoms with Gasteiger partial charge in [0.15, 0.2) is 0 Å². The summed E-state index contributed by atoms with van der Waals surface area (Å²) in [6.07, 6.45) is 0. The number of nitrogens with two attached hydrogens (primary N) is 1. The molecule has 1 saturated heterocycles. The molecule has 2 rings (SSSR count). The Kier molecular flexibility index (Phi) is 3.32. The molecular formula is C11H11FN4O3. The van der Waals surface area contributed by atoms with Gasteiger partial charge in [-0.15, -0.1) is 0 Å². The van der Waals surface area contributed by atoms with E-state index in [9.17, 15) is 18.8 Å². The first-order valence-electron chi connectivity index (χ1n) is 5.40. The SMILES string of the molecule is Nc1ccc(F)c(NC(=O)CN2C(=O)CNC2=O)c1. The molecule has 1 aliphatic rings. The Morgan fingerprint density at radius 3 is 2.84 bits per heavy atom. The minimum Gasteiger partial charge on any atom is -0.399 e. The van der Waals surface area contributed by atoms with Gasteiger partial charge in [0.2, 0.25) is 5.91 Å². The Balaban J connectivity index is 2.03. The molecule has 0 aromatic heterocycles. The summed E-state index contributed by atoms with van der Waals surface area (Å²) in [6.45, 7) is -0.613. The molecule has 19 heavy (non-hydrogen) atoms. The number of hydrogen-bond acceptors (Lipinski definition) is 4. The lowest BCUT2D eigenvalue weighted by Gasteiger charge is -2.12. The van der Waals surface area contributed by atoms with Crippen LogP contribution in [0.15, 0.2) is 18.2 Å². The first-order valence-corrected chi connectivity index (χ1v) is 5.40. The second kappa shape index (κ2) is 4.92. The van der Waals surface area contributed by atoms with Crippen LogP contribution >= 0.6 is 0 Å². The van der Waals surface area contributed by atoms with E-state index in [0.717, 1.165) is 11.0 Å². The summed E-state index contributed by atoms with van der Waals surface area (Å²) in [7, 11) is 0. The zero-order valence-electron chi connectivity index (χ0n) is 9.77. The zero-order valence-corrected chi connectivity index (χ0v) is 9.77. The third-order valence-electron chi connectivity index (χ3n) is 2.50. The van der Waals surface area contributed by atoms with Gasteiger partial charge in [0.1, 0.15) is 12.4 Å². The van der Waals surface area contributed by atoms with Crippen LogP contribution in [0.5, 0.6) is 0 Å². The summed E-state index contributed by atoms with van der Waals surface area (Å²) < 4.78 is 13.4. The molecule has 0 aliphatic carbocycles. The Morgan fingerprint density at radius 1 is 1.47 bits per heavy atom. The Bertz CT molecular complexity index is 545. The van der Waals surface area contributed by atoms with Crippen LogP contribution < -0.4 is 16.4 Å². The maximum atomic E-state index is 13.4. The Labute approximate surface area is 107 Å². The quantitative estimate of drug-likeness (QED) is 0.524. The van der Waals surface area contributed by atoms with Gasteiger partial charge in [-0.05, 0) is 18.2 Å². The van der Waals surface area contributed by atoms with Gasteiger partial charge >= 0.3 is 6.03 Å². The van der Waals surface area contributed by atoms with Crippen molar-refractivity contribution in [3.63, 3.8) is 0 Å². The average molecular weight is 266 g/mol. The summed E-state index contributed by atoms with van der Waals surface area (Å²) in [6, 6.07) is 3.06. The molecule has 4 amide bonds. The van der Waals surface area contributed by atoms with E-state index in [1.54, 1.807) is 0 Å². The number of benzene rings is 1. The Hall–Kier alpha value is -2.64. The minimum atomic E-state index is -0.685. The van der Waals surface area contributed by atoms with Crippen LogP contribution in [0.25, 0.3) is 0 Å². The molecule has 1 aromatic rings. The van der Waals surface area contributed by atoms with Crippen molar-refractivity contribution in [1.29, 1.82) is 0 Å². The van der Waals surface area contributed by atoms with Gasteiger partial charge in [-0.3, -0.25) is 14.5 Å². The normalized spacial score (nSPS) is 14.5. The first kappa shape index (κ1) is 12.8. The van der Waals surface area contributed by atoms with Crippen LogP contribution in [0.2, 0.25) is 0 Å². The van der Waals surface area contributed by atoms with Crippen LogP contribution in [0.3, 0.4) is 0 Å². The number of anilines is 2. The van der Waals surface area contributed by atoms with Crippen molar-refractivity contribution in [2.75, 3.05) is 24.1 Å². The monoisotopic (exact) mass is 266 g/mol. The number of nitrogens with zero attached hydrogens (tertiary/aromatic N) is 1. The fourth-order valence-corrected chi connectivity index (χ4v) is 1.59. The number of urea groups is 1. The standard InChI is InChI=1S/C11H11FN4O3/c12-7-2-1-6(13)3-8(7)15-9(17)5-16-10(18)4-14-11(16)19/h1-3H,4-5,13H2,(H,14,19)(H,15,17). The molecule has 8 heteroatoms. The van der Waals surface area contributed by atoms with E-state index in [0.29, 0.717) is 0 Å². The third-order valence-corrected chi connectivity index (χ3v) is 2.50. The highest BCUT2D eigenvalue weighted by molar-refractivity contribution is 6.06. The highest BCUT2D eigenvalue weighted by Gasteiger charge is 2.30. The molecule has 1 heterocycles. The highest BCUT2D eigenvalue weighted by Crippen LogP contribution is 2.17. The van der Waals surface area contributed by atoms with Crippen LogP contribution in [0.1, 0.15) is 0 Å². The van der Waals surface area contributed by atoms with Gasteiger partial charge in [0.25, 0.3) is 5.91 Å². The molecule has 1 aliphatic heterocycles. The molecule has 7 nitrogen and oxygen atoms in total. The molecule has 1 fully saturated rings. The maximum Gasteiger partial charge on any atom is 0.325 e. The lowest BCUT2D eigenvalue weighted by Crippen LogP contribution is -2.38. The largest absolute Gasteiger partial charge is 0.399 e. The number of nitrogens with one attached hydrogen (secondary N) is 2. The van der Waals surface area contributed by atoms with Crippen molar-refractivity contribution in [2.45, 2.75) is 0 Å². The Morgan fingerprint density at radius 2 is 2.21 bits per heavy atom. The summed E-state index contributed by atoms with van der Waals surface area (Å²) in [5.74, 6) is -1.84. The number of nitrogen functional groups attached to an aromatic ring is 1. The van der Waals surface area contributed by atoms with Crippen molar-refractivity contribution in [2.24, 2.45) is 0 Å². The molecule has 0 unspecified atom stereocenters. The zero-order chi connectivity index (χ0) is 14.0. The molecule has 1 aromatic carbocycles. The van der Waals surface area contributed by atoms with Gasteiger partial charge < -0.3 is 16.4 Å². The fourth-order valence-electron chi connectivity index (χ4n) is 1.59. The number of amides is 4. The van der Waals surface area contributed by atoms with Crippen molar-refractivity contribution in [3.8, 4) is 0 Å². The van der Waals surface area contributed by atoms with E-state index in [-0.39, 0.29) is 17.9 Å². The van der Waals surface area contributed by atoms with Gasteiger partial charge in [-0.1, -0.05) is 0 Å². The molecule has 0 bridgehead atoms. The smallest absolute Gasteiger partial charge is 0.325 e.